The van der Waals surface area contributed by atoms with Crippen LogP contribution < -0.4 is 10.6 Å². The predicted molar refractivity (Wildman–Crippen MR) is 81.0 cm³/mol. The molecule has 2 aromatic rings. The van der Waals surface area contributed by atoms with Crippen molar-refractivity contribution in [3.8, 4) is 0 Å². The fraction of sp³-hybridized carbons (Fsp3) is 0.188. The monoisotopic (exact) mass is 286 g/mol. The van der Waals surface area contributed by atoms with Crippen LogP contribution in [0.15, 0.2) is 48.5 Å². The number of amides is 1. The number of nitrogens with one attached hydrogen (secondary N) is 2. The molecule has 1 heterocycles. The van der Waals surface area contributed by atoms with Crippen LogP contribution in [0.4, 0.5) is 5.69 Å². The van der Waals surface area contributed by atoms with Crippen LogP contribution in [0.25, 0.3) is 0 Å². The van der Waals surface area contributed by atoms with Gasteiger partial charge in [-0.25, -0.2) is 0 Å². The lowest BCUT2D eigenvalue weighted by atomic mass is 9.94. The molecule has 20 heavy (non-hydrogen) atoms. The average Bonchev–Trinajstić information content (AvgIpc) is 2.49. The van der Waals surface area contributed by atoms with Gasteiger partial charge in [-0.15, -0.1) is 0 Å². The molecule has 0 radical (unpaired) electrons. The Balaban J connectivity index is 1.84. The number of halogens is 1. The van der Waals surface area contributed by atoms with Gasteiger partial charge in [-0.1, -0.05) is 48.0 Å². The molecule has 0 aliphatic carbocycles. The number of para-hydroxylation sites is 1. The number of benzene rings is 2. The summed E-state index contributed by atoms with van der Waals surface area (Å²) in [6.45, 7) is 0.803. The molecule has 2 aromatic carbocycles. The van der Waals surface area contributed by atoms with Crippen LogP contribution in [0.1, 0.15) is 17.2 Å². The molecule has 1 atom stereocenters. The largest absolute Gasteiger partial charge is 0.323 e. The molecular formula is C16H15ClN2O. The summed E-state index contributed by atoms with van der Waals surface area (Å²) in [5.41, 5.74) is 2.91. The summed E-state index contributed by atoms with van der Waals surface area (Å²) in [7, 11) is 0. The Bertz CT molecular complexity index is 642. The van der Waals surface area contributed by atoms with Gasteiger partial charge >= 0.3 is 0 Å². The van der Waals surface area contributed by atoms with E-state index >= 15 is 0 Å². The maximum absolute atomic E-state index is 12.5. The van der Waals surface area contributed by atoms with E-state index in [0.29, 0.717) is 10.7 Å². The highest BCUT2D eigenvalue weighted by molar-refractivity contribution is 6.33. The maximum Gasteiger partial charge on any atom is 0.246 e. The van der Waals surface area contributed by atoms with Crippen molar-refractivity contribution in [2.45, 2.75) is 12.5 Å². The number of anilines is 1. The molecule has 0 bridgehead atoms. The van der Waals surface area contributed by atoms with E-state index in [1.807, 2.05) is 30.3 Å². The van der Waals surface area contributed by atoms with Crippen LogP contribution in [0.5, 0.6) is 0 Å². The lowest BCUT2D eigenvalue weighted by Crippen LogP contribution is -2.38. The van der Waals surface area contributed by atoms with E-state index < -0.39 is 0 Å². The summed E-state index contributed by atoms with van der Waals surface area (Å²) >= 11 is 6.07. The first-order valence-electron chi connectivity index (χ1n) is 6.62. The first-order chi connectivity index (χ1) is 9.75. The minimum absolute atomic E-state index is 0.0785. The average molecular weight is 287 g/mol. The van der Waals surface area contributed by atoms with Gasteiger partial charge in [0.1, 0.15) is 6.04 Å². The van der Waals surface area contributed by atoms with E-state index in [1.165, 1.54) is 5.56 Å². The van der Waals surface area contributed by atoms with Crippen molar-refractivity contribution in [3.63, 3.8) is 0 Å². The third-order valence-electron chi connectivity index (χ3n) is 3.50. The second-order valence-electron chi connectivity index (χ2n) is 4.81. The van der Waals surface area contributed by atoms with Crippen LogP contribution in [0, 0.1) is 0 Å². The highest BCUT2D eigenvalue weighted by Gasteiger charge is 2.25. The van der Waals surface area contributed by atoms with Gasteiger partial charge in [0.2, 0.25) is 5.91 Å². The normalized spacial score (nSPS) is 17.4. The number of hydrogen-bond acceptors (Lipinski definition) is 2. The van der Waals surface area contributed by atoms with E-state index in [9.17, 15) is 4.79 Å². The van der Waals surface area contributed by atoms with Crippen molar-refractivity contribution in [2.24, 2.45) is 0 Å². The zero-order valence-corrected chi connectivity index (χ0v) is 11.7. The number of carbonyl (C=O) groups is 1. The topological polar surface area (TPSA) is 41.1 Å². The SMILES string of the molecule is O=C(Nc1ccccc1Cl)C1NCCc2ccccc21. The standard InChI is InChI=1S/C16H15ClN2O/c17-13-7-3-4-8-14(13)19-16(20)15-12-6-2-1-5-11(12)9-10-18-15/h1-8,15,18H,9-10H2,(H,19,20). The lowest BCUT2D eigenvalue weighted by molar-refractivity contribution is -0.118. The maximum atomic E-state index is 12.5. The smallest absolute Gasteiger partial charge is 0.246 e. The van der Waals surface area contributed by atoms with Gasteiger partial charge in [0.25, 0.3) is 0 Å². The Morgan fingerprint density at radius 2 is 1.90 bits per heavy atom. The fourth-order valence-corrected chi connectivity index (χ4v) is 2.69. The van der Waals surface area contributed by atoms with Gasteiger partial charge in [-0.05, 0) is 29.7 Å². The number of rotatable bonds is 2. The highest BCUT2D eigenvalue weighted by atomic mass is 35.5. The number of carbonyl (C=O) groups excluding carboxylic acids is 1. The zero-order valence-electron chi connectivity index (χ0n) is 10.9. The van der Waals surface area contributed by atoms with E-state index in [1.54, 1.807) is 12.1 Å². The molecule has 4 heteroatoms. The van der Waals surface area contributed by atoms with Crippen LogP contribution in [0.2, 0.25) is 5.02 Å². The molecule has 1 aliphatic rings. The molecule has 2 N–H and O–H groups in total. The summed E-state index contributed by atoms with van der Waals surface area (Å²) < 4.78 is 0. The summed E-state index contributed by atoms with van der Waals surface area (Å²) in [6.07, 6.45) is 0.950. The summed E-state index contributed by atoms with van der Waals surface area (Å²) in [6, 6.07) is 15.0. The molecule has 1 unspecified atom stereocenters. The molecule has 0 saturated heterocycles. The van der Waals surface area contributed by atoms with Gasteiger partial charge in [0.05, 0.1) is 10.7 Å². The summed E-state index contributed by atoms with van der Waals surface area (Å²) in [5, 5.41) is 6.69. The molecule has 0 saturated carbocycles. The second kappa shape index (κ2) is 5.65. The van der Waals surface area contributed by atoms with Gasteiger partial charge in [0, 0.05) is 6.54 Å². The predicted octanol–water partition coefficient (Wildman–Crippen LogP) is 3.17. The van der Waals surface area contributed by atoms with Crippen LogP contribution in [-0.2, 0) is 11.2 Å². The Hall–Kier alpha value is -1.84. The first-order valence-corrected chi connectivity index (χ1v) is 7.00. The molecule has 1 amide bonds. The minimum atomic E-state index is -0.323. The zero-order chi connectivity index (χ0) is 13.9. The van der Waals surface area contributed by atoms with Crippen LogP contribution in [0.3, 0.4) is 0 Å². The number of hydrogen-bond donors (Lipinski definition) is 2. The summed E-state index contributed by atoms with van der Waals surface area (Å²) in [5.74, 6) is -0.0785. The number of fused-ring (bicyclic) bond motifs is 1. The molecule has 102 valence electrons. The van der Waals surface area contributed by atoms with Gasteiger partial charge in [-0.2, -0.15) is 0 Å². The van der Waals surface area contributed by atoms with Crippen molar-refractivity contribution in [1.82, 2.24) is 5.32 Å². The van der Waals surface area contributed by atoms with E-state index in [2.05, 4.69) is 16.7 Å². The van der Waals surface area contributed by atoms with Gasteiger partial charge in [-0.3, -0.25) is 4.79 Å². The van der Waals surface area contributed by atoms with Crippen molar-refractivity contribution in [3.05, 3.63) is 64.7 Å². The molecule has 3 nitrogen and oxygen atoms in total. The third kappa shape index (κ3) is 2.55. The van der Waals surface area contributed by atoms with E-state index in [0.717, 1.165) is 18.5 Å². The third-order valence-corrected chi connectivity index (χ3v) is 3.83. The first kappa shape index (κ1) is 13.2. The molecule has 0 spiro atoms. The molecular weight excluding hydrogens is 272 g/mol. The van der Waals surface area contributed by atoms with Crippen molar-refractivity contribution >= 4 is 23.2 Å². The molecule has 1 aliphatic heterocycles. The van der Waals surface area contributed by atoms with Crippen molar-refractivity contribution in [2.75, 3.05) is 11.9 Å². The van der Waals surface area contributed by atoms with E-state index in [4.69, 9.17) is 11.6 Å². The van der Waals surface area contributed by atoms with Gasteiger partial charge < -0.3 is 10.6 Å². The molecule has 0 fully saturated rings. The second-order valence-corrected chi connectivity index (χ2v) is 5.21. The minimum Gasteiger partial charge on any atom is -0.323 e. The lowest BCUT2D eigenvalue weighted by Gasteiger charge is -2.26. The Morgan fingerprint density at radius 3 is 2.75 bits per heavy atom. The molecule has 0 aromatic heterocycles. The van der Waals surface area contributed by atoms with Gasteiger partial charge in [0.15, 0.2) is 0 Å². The quantitative estimate of drug-likeness (QED) is 0.890. The van der Waals surface area contributed by atoms with Crippen LogP contribution >= 0.6 is 11.6 Å². The van der Waals surface area contributed by atoms with E-state index in [-0.39, 0.29) is 11.9 Å². The fourth-order valence-electron chi connectivity index (χ4n) is 2.51. The highest BCUT2D eigenvalue weighted by Crippen LogP contribution is 2.26. The van der Waals surface area contributed by atoms with Crippen molar-refractivity contribution < 1.29 is 4.79 Å². The molecule has 3 rings (SSSR count). The Morgan fingerprint density at radius 1 is 1.15 bits per heavy atom. The Labute approximate surface area is 123 Å². The Kier molecular flexibility index (Phi) is 3.72. The van der Waals surface area contributed by atoms with Crippen LogP contribution in [-0.4, -0.2) is 12.5 Å². The summed E-state index contributed by atoms with van der Waals surface area (Å²) in [4.78, 5) is 12.5. The van der Waals surface area contributed by atoms with Crippen molar-refractivity contribution in [1.29, 1.82) is 0 Å².